The number of ether oxygens (including phenoxy) is 2. The predicted octanol–water partition coefficient (Wildman–Crippen LogP) is 3.73. The van der Waals surface area contributed by atoms with Crippen molar-refractivity contribution < 1.29 is 19.1 Å². The van der Waals surface area contributed by atoms with Crippen LogP contribution in [0.4, 0.5) is 11.5 Å². The van der Waals surface area contributed by atoms with Crippen molar-refractivity contribution in [2.24, 2.45) is 0 Å². The van der Waals surface area contributed by atoms with Gasteiger partial charge in [-0.3, -0.25) is 4.79 Å². The van der Waals surface area contributed by atoms with Gasteiger partial charge in [0, 0.05) is 18.8 Å². The fourth-order valence-electron chi connectivity index (χ4n) is 4.13. The lowest BCUT2D eigenvalue weighted by Gasteiger charge is -2.16. The Morgan fingerprint density at radius 2 is 1.91 bits per heavy atom. The van der Waals surface area contributed by atoms with Crippen LogP contribution in [0, 0.1) is 0 Å². The SMILES string of the molecule is CCOC(=O)c1cccc(NCC(=O)c2cnc3ccc(N4Cc5ccc(OC)cc5C4)nn23)c1. The summed E-state index contributed by atoms with van der Waals surface area (Å²) in [5.41, 5.74) is 4.48. The number of hydrogen-bond acceptors (Lipinski definition) is 8. The van der Waals surface area contributed by atoms with E-state index < -0.39 is 5.97 Å². The van der Waals surface area contributed by atoms with Gasteiger partial charge in [-0.25, -0.2) is 14.3 Å². The van der Waals surface area contributed by atoms with Crippen LogP contribution >= 0.6 is 0 Å². The van der Waals surface area contributed by atoms with Crippen molar-refractivity contribution in [1.82, 2.24) is 14.6 Å². The molecule has 9 heteroatoms. The smallest absolute Gasteiger partial charge is 0.338 e. The number of nitrogens with zero attached hydrogens (tertiary/aromatic N) is 4. The molecule has 0 bridgehead atoms. The third-order valence-corrected chi connectivity index (χ3v) is 5.92. The van der Waals surface area contributed by atoms with Crippen LogP contribution in [0.25, 0.3) is 5.65 Å². The highest BCUT2D eigenvalue weighted by atomic mass is 16.5. The van der Waals surface area contributed by atoms with Crippen molar-refractivity contribution >= 4 is 28.9 Å². The molecule has 0 amide bonds. The number of carbonyl (C=O) groups is 2. The minimum Gasteiger partial charge on any atom is -0.497 e. The van der Waals surface area contributed by atoms with Crippen molar-refractivity contribution in [3.05, 3.63) is 83.2 Å². The fourth-order valence-corrected chi connectivity index (χ4v) is 4.13. The number of hydrogen-bond donors (Lipinski definition) is 1. The highest BCUT2D eigenvalue weighted by Gasteiger charge is 2.22. The van der Waals surface area contributed by atoms with Gasteiger partial charge in [-0.05, 0) is 60.5 Å². The molecule has 0 saturated carbocycles. The summed E-state index contributed by atoms with van der Waals surface area (Å²) in [6.45, 7) is 3.53. The molecule has 2 aromatic heterocycles. The molecule has 3 heterocycles. The first-order chi connectivity index (χ1) is 17.1. The zero-order chi connectivity index (χ0) is 24.4. The number of nitrogens with one attached hydrogen (secondary N) is 1. The number of methoxy groups -OCH3 is 1. The van der Waals surface area contributed by atoms with E-state index in [1.807, 2.05) is 24.3 Å². The first kappa shape index (κ1) is 22.4. The van der Waals surface area contributed by atoms with Gasteiger partial charge in [-0.1, -0.05) is 12.1 Å². The van der Waals surface area contributed by atoms with E-state index in [-0.39, 0.29) is 12.3 Å². The monoisotopic (exact) mass is 471 g/mol. The molecule has 178 valence electrons. The Balaban J connectivity index is 1.31. The largest absolute Gasteiger partial charge is 0.497 e. The normalized spacial score (nSPS) is 12.5. The van der Waals surface area contributed by atoms with Crippen molar-refractivity contribution in [3.8, 4) is 5.75 Å². The standard InChI is InChI=1S/C26H25N5O4/c1-3-35-26(33)17-5-4-6-20(11-17)27-14-23(32)22-13-28-24-9-10-25(29-31(22)24)30-15-18-7-8-21(34-2)12-19(18)16-30/h4-13,27H,3,14-16H2,1-2H3. The van der Waals surface area contributed by atoms with Crippen molar-refractivity contribution in [1.29, 1.82) is 0 Å². The number of rotatable bonds is 8. The molecular weight excluding hydrogens is 446 g/mol. The topological polar surface area (TPSA) is 98.1 Å². The Morgan fingerprint density at radius 1 is 1.06 bits per heavy atom. The van der Waals surface area contributed by atoms with E-state index in [2.05, 4.69) is 21.3 Å². The second-order valence-electron chi connectivity index (χ2n) is 8.17. The van der Waals surface area contributed by atoms with Gasteiger partial charge in [0.1, 0.15) is 17.3 Å². The van der Waals surface area contributed by atoms with Gasteiger partial charge >= 0.3 is 5.97 Å². The maximum atomic E-state index is 13.0. The minimum absolute atomic E-state index is 0.0287. The second-order valence-corrected chi connectivity index (χ2v) is 8.17. The number of aromatic nitrogens is 3. The number of anilines is 2. The first-order valence-electron chi connectivity index (χ1n) is 11.4. The van der Waals surface area contributed by atoms with Gasteiger partial charge in [0.2, 0.25) is 5.78 Å². The summed E-state index contributed by atoms with van der Waals surface area (Å²) >= 11 is 0. The minimum atomic E-state index is -0.400. The predicted molar refractivity (Wildman–Crippen MR) is 131 cm³/mol. The lowest BCUT2D eigenvalue weighted by Crippen LogP contribution is -2.20. The molecule has 35 heavy (non-hydrogen) atoms. The summed E-state index contributed by atoms with van der Waals surface area (Å²) in [5, 5.41) is 7.79. The van der Waals surface area contributed by atoms with E-state index >= 15 is 0 Å². The lowest BCUT2D eigenvalue weighted by molar-refractivity contribution is 0.0526. The molecule has 4 aromatic rings. The van der Waals surface area contributed by atoms with Crippen LogP contribution in [0.2, 0.25) is 0 Å². The van der Waals surface area contributed by atoms with Crippen molar-refractivity contribution in [2.75, 3.05) is 30.5 Å². The third-order valence-electron chi connectivity index (χ3n) is 5.92. The summed E-state index contributed by atoms with van der Waals surface area (Å²) in [6.07, 6.45) is 1.54. The van der Waals surface area contributed by atoms with Crippen molar-refractivity contribution in [3.63, 3.8) is 0 Å². The molecular formula is C26H25N5O4. The zero-order valence-electron chi connectivity index (χ0n) is 19.5. The average Bonchev–Trinajstić information content (AvgIpc) is 3.51. The van der Waals surface area contributed by atoms with Gasteiger partial charge in [0.05, 0.1) is 32.0 Å². The van der Waals surface area contributed by atoms with Gasteiger partial charge < -0.3 is 19.7 Å². The quantitative estimate of drug-likeness (QED) is 0.307. The maximum absolute atomic E-state index is 13.0. The van der Waals surface area contributed by atoms with Gasteiger partial charge in [0.25, 0.3) is 0 Å². The van der Waals surface area contributed by atoms with Crippen LogP contribution in [-0.4, -0.2) is 46.6 Å². The van der Waals surface area contributed by atoms with Crippen LogP contribution in [-0.2, 0) is 17.8 Å². The highest BCUT2D eigenvalue weighted by molar-refractivity contribution is 5.98. The summed E-state index contributed by atoms with van der Waals surface area (Å²) < 4.78 is 12.0. The number of fused-ring (bicyclic) bond motifs is 2. The number of ketones is 1. The Morgan fingerprint density at radius 3 is 2.74 bits per heavy atom. The van der Waals surface area contributed by atoms with Gasteiger partial charge in [-0.15, -0.1) is 5.10 Å². The van der Waals surface area contributed by atoms with Crippen LogP contribution < -0.4 is 15.0 Å². The number of benzene rings is 2. The lowest BCUT2D eigenvalue weighted by atomic mass is 10.1. The first-order valence-corrected chi connectivity index (χ1v) is 11.4. The maximum Gasteiger partial charge on any atom is 0.338 e. The zero-order valence-corrected chi connectivity index (χ0v) is 19.5. The Kier molecular flexibility index (Phi) is 6.05. The van der Waals surface area contributed by atoms with Crippen LogP contribution in [0.15, 0.2) is 60.8 Å². The third kappa shape index (κ3) is 4.52. The Bertz CT molecular complexity index is 1410. The van der Waals surface area contributed by atoms with Gasteiger partial charge in [0.15, 0.2) is 5.65 Å². The molecule has 2 aromatic carbocycles. The summed E-state index contributed by atoms with van der Waals surface area (Å²) in [5.74, 6) is 1.02. The van der Waals surface area contributed by atoms with E-state index in [9.17, 15) is 9.59 Å². The Hall–Kier alpha value is -4.40. The molecule has 0 radical (unpaired) electrons. The molecule has 1 aliphatic heterocycles. The van der Waals surface area contributed by atoms with E-state index in [1.165, 1.54) is 17.3 Å². The molecule has 0 fully saturated rings. The van der Waals surface area contributed by atoms with Crippen LogP contribution in [0.3, 0.4) is 0 Å². The molecule has 0 atom stereocenters. The number of Topliss-reactive ketones (excluding diaryl/α,β-unsaturated/α-hetero) is 1. The molecule has 0 unspecified atom stereocenters. The number of imidazole rings is 1. The number of esters is 1. The second kappa shape index (κ2) is 9.46. The van der Waals surface area contributed by atoms with Crippen LogP contribution in [0.1, 0.15) is 38.9 Å². The van der Waals surface area contributed by atoms with E-state index in [1.54, 1.807) is 42.8 Å². The number of carbonyl (C=O) groups excluding carboxylic acids is 2. The molecule has 9 nitrogen and oxygen atoms in total. The van der Waals surface area contributed by atoms with Crippen LogP contribution in [0.5, 0.6) is 5.75 Å². The molecule has 5 rings (SSSR count). The summed E-state index contributed by atoms with van der Waals surface area (Å²) in [6, 6.07) is 16.7. The Labute approximate surface area is 202 Å². The fraction of sp³-hybridized carbons (Fsp3) is 0.231. The summed E-state index contributed by atoms with van der Waals surface area (Å²) in [7, 11) is 1.66. The highest BCUT2D eigenvalue weighted by Crippen LogP contribution is 2.29. The van der Waals surface area contributed by atoms with Crippen molar-refractivity contribution in [2.45, 2.75) is 20.0 Å². The van der Waals surface area contributed by atoms with E-state index in [4.69, 9.17) is 14.6 Å². The van der Waals surface area contributed by atoms with Gasteiger partial charge in [-0.2, -0.15) is 0 Å². The molecule has 0 spiro atoms. The molecule has 1 N–H and O–H groups in total. The molecule has 1 aliphatic rings. The van der Waals surface area contributed by atoms with E-state index in [0.29, 0.717) is 35.7 Å². The molecule has 0 aliphatic carbocycles. The average molecular weight is 472 g/mol. The van der Waals surface area contributed by atoms with E-state index in [0.717, 1.165) is 18.1 Å². The molecule has 0 saturated heterocycles. The summed E-state index contributed by atoms with van der Waals surface area (Å²) in [4.78, 5) is 31.5.